The minimum absolute atomic E-state index is 0.155. The first-order chi connectivity index (χ1) is 8.20. The quantitative estimate of drug-likeness (QED) is 0.740. The van der Waals surface area contributed by atoms with Crippen LogP contribution in [0.15, 0.2) is 18.3 Å². The van der Waals surface area contributed by atoms with Crippen molar-refractivity contribution in [1.82, 2.24) is 9.88 Å². The molecule has 1 aliphatic rings. The molecule has 4 heteroatoms. The smallest absolute Gasteiger partial charge is 0.164 e. The first-order valence-electron chi connectivity index (χ1n) is 6.13. The van der Waals surface area contributed by atoms with Crippen LogP contribution < -0.4 is 4.90 Å². The normalized spacial score (nSPS) is 17.2. The van der Waals surface area contributed by atoms with Crippen LogP contribution in [0, 0.1) is 0 Å². The topological polar surface area (TPSA) is 36.4 Å². The second-order valence-corrected chi connectivity index (χ2v) is 4.47. The number of pyridine rings is 1. The molecule has 0 unspecified atom stereocenters. The average Bonchev–Trinajstić information content (AvgIpc) is 2.39. The standard InChI is InChI=1S/C13H19N3O/c1-3-12(17)11-4-5-13(14-10-11)16-8-6-15(2)7-9-16/h4-5,10H,3,6-9H2,1-2H3. The molecule has 0 aromatic carbocycles. The summed E-state index contributed by atoms with van der Waals surface area (Å²) in [5.41, 5.74) is 0.713. The van der Waals surface area contributed by atoms with Gasteiger partial charge < -0.3 is 9.80 Å². The fourth-order valence-corrected chi connectivity index (χ4v) is 1.98. The Balaban J connectivity index is 2.05. The highest BCUT2D eigenvalue weighted by Crippen LogP contribution is 2.14. The molecule has 1 aliphatic heterocycles. The lowest BCUT2D eigenvalue weighted by Gasteiger charge is -2.33. The zero-order valence-corrected chi connectivity index (χ0v) is 10.5. The summed E-state index contributed by atoms with van der Waals surface area (Å²) in [6.07, 6.45) is 2.23. The third kappa shape index (κ3) is 2.82. The van der Waals surface area contributed by atoms with Crippen LogP contribution >= 0.6 is 0 Å². The van der Waals surface area contributed by atoms with E-state index in [0.29, 0.717) is 12.0 Å². The fraction of sp³-hybridized carbons (Fsp3) is 0.538. The average molecular weight is 233 g/mol. The van der Waals surface area contributed by atoms with Gasteiger partial charge in [0.1, 0.15) is 5.82 Å². The second-order valence-electron chi connectivity index (χ2n) is 4.47. The Labute approximate surface area is 102 Å². The molecule has 1 fully saturated rings. The monoisotopic (exact) mass is 233 g/mol. The van der Waals surface area contributed by atoms with Crippen molar-refractivity contribution in [2.75, 3.05) is 38.1 Å². The number of carbonyl (C=O) groups excluding carboxylic acids is 1. The van der Waals surface area contributed by atoms with Gasteiger partial charge in [0.2, 0.25) is 0 Å². The summed E-state index contributed by atoms with van der Waals surface area (Å²) >= 11 is 0. The highest BCUT2D eigenvalue weighted by molar-refractivity contribution is 5.95. The van der Waals surface area contributed by atoms with Crippen molar-refractivity contribution >= 4 is 11.6 Å². The van der Waals surface area contributed by atoms with E-state index in [0.717, 1.165) is 32.0 Å². The van der Waals surface area contributed by atoms with Crippen LogP contribution in [0.5, 0.6) is 0 Å². The van der Waals surface area contributed by atoms with E-state index in [-0.39, 0.29) is 5.78 Å². The largest absolute Gasteiger partial charge is 0.354 e. The Morgan fingerprint density at radius 2 is 2.00 bits per heavy atom. The number of hydrogen-bond donors (Lipinski definition) is 0. The molecule has 0 spiro atoms. The van der Waals surface area contributed by atoms with Crippen molar-refractivity contribution < 1.29 is 4.79 Å². The van der Waals surface area contributed by atoms with E-state index >= 15 is 0 Å². The number of ketones is 1. The van der Waals surface area contributed by atoms with Crippen LogP contribution in [0.4, 0.5) is 5.82 Å². The molecule has 1 aromatic rings. The van der Waals surface area contributed by atoms with Crippen molar-refractivity contribution in [2.45, 2.75) is 13.3 Å². The van der Waals surface area contributed by atoms with Crippen LogP contribution in [0.3, 0.4) is 0 Å². The summed E-state index contributed by atoms with van der Waals surface area (Å²) in [6, 6.07) is 3.83. The highest BCUT2D eigenvalue weighted by Gasteiger charge is 2.15. The summed E-state index contributed by atoms with van der Waals surface area (Å²) in [4.78, 5) is 20.4. The van der Waals surface area contributed by atoms with E-state index < -0.39 is 0 Å². The Kier molecular flexibility index (Phi) is 3.74. The van der Waals surface area contributed by atoms with E-state index in [2.05, 4.69) is 21.8 Å². The van der Waals surface area contributed by atoms with Gasteiger partial charge in [-0.1, -0.05) is 6.92 Å². The van der Waals surface area contributed by atoms with Crippen LogP contribution in [0.2, 0.25) is 0 Å². The van der Waals surface area contributed by atoms with E-state index in [1.807, 2.05) is 19.1 Å². The van der Waals surface area contributed by atoms with Gasteiger partial charge in [0, 0.05) is 44.4 Å². The third-order valence-electron chi connectivity index (χ3n) is 3.22. The molecule has 0 atom stereocenters. The molecule has 2 rings (SSSR count). The number of anilines is 1. The molecule has 0 aliphatic carbocycles. The number of piperazine rings is 1. The van der Waals surface area contributed by atoms with Crippen molar-refractivity contribution in [3.63, 3.8) is 0 Å². The van der Waals surface area contributed by atoms with Gasteiger partial charge in [-0.15, -0.1) is 0 Å². The minimum Gasteiger partial charge on any atom is -0.354 e. The Hall–Kier alpha value is -1.42. The molecule has 17 heavy (non-hydrogen) atoms. The number of Topliss-reactive ketones (excluding diaryl/α,β-unsaturated/α-hetero) is 1. The number of hydrogen-bond acceptors (Lipinski definition) is 4. The molecule has 0 N–H and O–H groups in total. The Morgan fingerprint density at radius 1 is 1.29 bits per heavy atom. The van der Waals surface area contributed by atoms with Gasteiger partial charge in [0.15, 0.2) is 5.78 Å². The summed E-state index contributed by atoms with van der Waals surface area (Å²) in [6.45, 7) is 6.01. The highest BCUT2D eigenvalue weighted by atomic mass is 16.1. The molecule has 2 heterocycles. The summed E-state index contributed by atoms with van der Waals surface area (Å²) < 4.78 is 0. The molecular weight excluding hydrogens is 214 g/mol. The van der Waals surface area contributed by atoms with Crippen LogP contribution in [0.1, 0.15) is 23.7 Å². The number of aromatic nitrogens is 1. The van der Waals surface area contributed by atoms with E-state index in [4.69, 9.17) is 0 Å². The van der Waals surface area contributed by atoms with E-state index in [1.165, 1.54) is 0 Å². The zero-order valence-electron chi connectivity index (χ0n) is 10.5. The van der Waals surface area contributed by atoms with Crippen LogP contribution in [0.25, 0.3) is 0 Å². The predicted octanol–water partition coefficient (Wildman–Crippen LogP) is 1.43. The molecular formula is C13H19N3O. The predicted molar refractivity (Wildman–Crippen MR) is 68.6 cm³/mol. The summed E-state index contributed by atoms with van der Waals surface area (Å²) in [5, 5.41) is 0. The summed E-state index contributed by atoms with van der Waals surface area (Å²) in [7, 11) is 2.13. The molecule has 0 bridgehead atoms. The molecule has 0 saturated carbocycles. The van der Waals surface area contributed by atoms with Gasteiger partial charge in [-0.25, -0.2) is 4.98 Å². The van der Waals surface area contributed by atoms with Gasteiger partial charge in [0.25, 0.3) is 0 Å². The van der Waals surface area contributed by atoms with Crippen molar-refractivity contribution in [3.8, 4) is 0 Å². The van der Waals surface area contributed by atoms with Gasteiger partial charge in [0.05, 0.1) is 0 Å². The Morgan fingerprint density at radius 3 is 2.53 bits per heavy atom. The minimum atomic E-state index is 0.155. The lowest BCUT2D eigenvalue weighted by Crippen LogP contribution is -2.44. The molecule has 1 saturated heterocycles. The van der Waals surface area contributed by atoms with E-state index in [9.17, 15) is 4.79 Å². The fourth-order valence-electron chi connectivity index (χ4n) is 1.98. The van der Waals surface area contributed by atoms with Crippen molar-refractivity contribution in [3.05, 3.63) is 23.9 Å². The van der Waals surface area contributed by atoms with Crippen molar-refractivity contribution in [1.29, 1.82) is 0 Å². The number of carbonyl (C=O) groups is 1. The number of nitrogens with zero attached hydrogens (tertiary/aromatic N) is 3. The van der Waals surface area contributed by atoms with Gasteiger partial charge in [-0.2, -0.15) is 0 Å². The summed E-state index contributed by atoms with van der Waals surface area (Å²) in [5.74, 6) is 1.13. The molecule has 4 nitrogen and oxygen atoms in total. The second kappa shape index (κ2) is 5.27. The van der Waals surface area contributed by atoms with Gasteiger partial charge in [-0.3, -0.25) is 4.79 Å². The number of likely N-dealkylation sites (N-methyl/N-ethyl adjacent to an activating group) is 1. The van der Waals surface area contributed by atoms with E-state index in [1.54, 1.807) is 6.20 Å². The zero-order chi connectivity index (χ0) is 12.3. The number of rotatable bonds is 3. The molecule has 92 valence electrons. The van der Waals surface area contributed by atoms with Crippen LogP contribution in [-0.2, 0) is 0 Å². The van der Waals surface area contributed by atoms with Crippen molar-refractivity contribution in [2.24, 2.45) is 0 Å². The van der Waals surface area contributed by atoms with Gasteiger partial charge in [-0.05, 0) is 19.2 Å². The molecule has 0 amide bonds. The SMILES string of the molecule is CCC(=O)c1ccc(N2CCN(C)CC2)nc1. The molecule has 0 radical (unpaired) electrons. The first kappa shape index (κ1) is 12.0. The third-order valence-corrected chi connectivity index (χ3v) is 3.22. The maximum Gasteiger partial charge on any atom is 0.164 e. The maximum absolute atomic E-state index is 11.5. The lowest BCUT2D eigenvalue weighted by atomic mass is 10.1. The van der Waals surface area contributed by atoms with Crippen LogP contribution in [-0.4, -0.2) is 48.9 Å². The maximum atomic E-state index is 11.5. The van der Waals surface area contributed by atoms with Gasteiger partial charge >= 0.3 is 0 Å². The first-order valence-corrected chi connectivity index (χ1v) is 6.13. The lowest BCUT2D eigenvalue weighted by molar-refractivity contribution is 0.0988. The Bertz CT molecular complexity index is 380. The molecule has 1 aromatic heterocycles.